The van der Waals surface area contributed by atoms with E-state index < -0.39 is 0 Å². The fourth-order valence-corrected chi connectivity index (χ4v) is 2.18. The van der Waals surface area contributed by atoms with Crippen molar-refractivity contribution >= 4 is 5.69 Å². The first-order chi connectivity index (χ1) is 7.95. The van der Waals surface area contributed by atoms with Crippen LogP contribution in [-0.4, -0.2) is 17.3 Å². The normalized spacial score (nSPS) is 25.8. The van der Waals surface area contributed by atoms with Gasteiger partial charge in [0.25, 0.3) is 0 Å². The summed E-state index contributed by atoms with van der Waals surface area (Å²) in [6.07, 6.45) is 0.530. The van der Waals surface area contributed by atoms with E-state index in [0.29, 0.717) is 5.56 Å². The maximum atomic E-state index is 9.70. The van der Waals surface area contributed by atoms with Crippen molar-refractivity contribution in [3.8, 4) is 6.07 Å². The van der Waals surface area contributed by atoms with Crippen LogP contribution < -0.4 is 5.32 Å². The van der Waals surface area contributed by atoms with Crippen LogP contribution in [0.25, 0.3) is 0 Å². The summed E-state index contributed by atoms with van der Waals surface area (Å²) >= 11 is 0. The zero-order chi connectivity index (χ0) is 12.6. The Hall–Kier alpha value is -1.53. The third-order valence-corrected chi connectivity index (χ3v) is 3.91. The third-order valence-electron chi connectivity index (χ3n) is 3.91. The van der Waals surface area contributed by atoms with Gasteiger partial charge in [-0.2, -0.15) is 5.26 Å². The van der Waals surface area contributed by atoms with E-state index in [0.717, 1.165) is 17.7 Å². The predicted octanol–water partition coefficient (Wildman–Crippen LogP) is 2.44. The molecule has 2 unspecified atom stereocenters. The van der Waals surface area contributed by atoms with Gasteiger partial charge in [0.05, 0.1) is 17.7 Å². The SMILES string of the molecule is Cc1ccc(C#N)cc1NC1CC(O)C1(C)C. The van der Waals surface area contributed by atoms with Crippen LogP contribution in [0, 0.1) is 23.7 Å². The van der Waals surface area contributed by atoms with Crippen LogP contribution in [0.15, 0.2) is 18.2 Å². The van der Waals surface area contributed by atoms with Crippen molar-refractivity contribution in [1.82, 2.24) is 0 Å². The first-order valence-electron chi connectivity index (χ1n) is 5.90. The largest absolute Gasteiger partial charge is 0.392 e. The lowest BCUT2D eigenvalue weighted by Crippen LogP contribution is -2.56. The van der Waals surface area contributed by atoms with Gasteiger partial charge in [-0.1, -0.05) is 19.9 Å². The first kappa shape index (κ1) is 11.9. The van der Waals surface area contributed by atoms with E-state index in [1.165, 1.54) is 0 Å². The fraction of sp³-hybridized carbons (Fsp3) is 0.500. The molecule has 0 bridgehead atoms. The van der Waals surface area contributed by atoms with Crippen LogP contribution in [0.3, 0.4) is 0 Å². The van der Waals surface area contributed by atoms with Gasteiger partial charge >= 0.3 is 0 Å². The van der Waals surface area contributed by atoms with E-state index in [4.69, 9.17) is 5.26 Å². The summed E-state index contributed by atoms with van der Waals surface area (Å²) in [7, 11) is 0. The molecule has 2 rings (SSSR count). The van der Waals surface area contributed by atoms with Crippen molar-refractivity contribution in [3.05, 3.63) is 29.3 Å². The quantitative estimate of drug-likeness (QED) is 0.820. The van der Waals surface area contributed by atoms with Gasteiger partial charge in [0.1, 0.15) is 0 Å². The highest BCUT2D eigenvalue weighted by Gasteiger charge is 2.47. The van der Waals surface area contributed by atoms with Crippen molar-refractivity contribution in [1.29, 1.82) is 5.26 Å². The molecule has 90 valence electrons. The molecular weight excluding hydrogens is 212 g/mol. The van der Waals surface area contributed by atoms with Gasteiger partial charge < -0.3 is 10.4 Å². The number of rotatable bonds is 2. The number of nitrogens with one attached hydrogen (secondary N) is 1. The molecule has 1 saturated carbocycles. The maximum Gasteiger partial charge on any atom is 0.0992 e. The van der Waals surface area contributed by atoms with Crippen LogP contribution in [0.5, 0.6) is 0 Å². The van der Waals surface area contributed by atoms with E-state index in [-0.39, 0.29) is 17.6 Å². The zero-order valence-corrected chi connectivity index (χ0v) is 10.5. The minimum Gasteiger partial charge on any atom is -0.392 e. The average molecular weight is 230 g/mol. The fourth-order valence-electron chi connectivity index (χ4n) is 2.18. The Balaban J connectivity index is 2.18. The van der Waals surface area contributed by atoms with Crippen LogP contribution in [0.2, 0.25) is 0 Å². The lowest BCUT2D eigenvalue weighted by molar-refractivity contribution is -0.0510. The minimum absolute atomic E-state index is 0.102. The summed E-state index contributed by atoms with van der Waals surface area (Å²) in [5, 5.41) is 22.0. The highest BCUT2D eigenvalue weighted by atomic mass is 16.3. The van der Waals surface area contributed by atoms with Crippen molar-refractivity contribution in [3.63, 3.8) is 0 Å². The highest BCUT2D eigenvalue weighted by Crippen LogP contribution is 2.42. The average Bonchev–Trinajstić information content (AvgIpc) is 2.31. The first-order valence-corrected chi connectivity index (χ1v) is 5.90. The number of hydrogen-bond acceptors (Lipinski definition) is 3. The second kappa shape index (κ2) is 4.05. The molecule has 2 N–H and O–H groups in total. The molecule has 2 atom stereocenters. The molecule has 0 heterocycles. The molecule has 3 nitrogen and oxygen atoms in total. The summed E-state index contributed by atoms with van der Waals surface area (Å²) in [4.78, 5) is 0. The summed E-state index contributed by atoms with van der Waals surface area (Å²) in [6, 6.07) is 8.05. The Labute approximate surface area is 102 Å². The molecule has 1 aromatic rings. The van der Waals surface area contributed by atoms with Crippen molar-refractivity contribution in [2.75, 3.05) is 5.32 Å². The predicted molar refractivity (Wildman–Crippen MR) is 67.7 cm³/mol. The molecule has 0 radical (unpaired) electrons. The van der Waals surface area contributed by atoms with E-state index in [2.05, 4.69) is 25.2 Å². The number of nitriles is 1. The van der Waals surface area contributed by atoms with Crippen molar-refractivity contribution < 1.29 is 5.11 Å². The topological polar surface area (TPSA) is 56.0 Å². The molecule has 1 aromatic carbocycles. The molecular formula is C14H18N2O. The number of aryl methyl sites for hydroxylation is 1. The lowest BCUT2D eigenvalue weighted by Gasteiger charge is -2.50. The van der Waals surface area contributed by atoms with Gasteiger partial charge in [0, 0.05) is 17.1 Å². The Morgan fingerprint density at radius 3 is 2.71 bits per heavy atom. The smallest absolute Gasteiger partial charge is 0.0992 e. The molecule has 3 heteroatoms. The Morgan fingerprint density at radius 1 is 1.47 bits per heavy atom. The Bertz CT molecular complexity index is 474. The standard InChI is InChI=1S/C14H18N2O/c1-9-4-5-10(8-15)6-11(9)16-12-7-13(17)14(12,2)3/h4-6,12-13,16-17H,7H2,1-3H3. The molecule has 1 aliphatic carbocycles. The van der Waals surface area contributed by atoms with Crippen molar-refractivity contribution in [2.45, 2.75) is 39.3 Å². The number of anilines is 1. The van der Waals surface area contributed by atoms with Crippen LogP contribution in [-0.2, 0) is 0 Å². The van der Waals surface area contributed by atoms with E-state index in [1.807, 2.05) is 25.1 Å². The van der Waals surface area contributed by atoms with E-state index in [1.54, 1.807) is 0 Å². The Morgan fingerprint density at radius 2 is 2.18 bits per heavy atom. The molecule has 0 spiro atoms. The molecule has 0 amide bonds. The number of hydrogen-bond donors (Lipinski definition) is 2. The minimum atomic E-state index is -0.237. The second-order valence-electron chi connectivity index (χ2n) is 5.41. The number of aliphatic hydroxyl groups is 1. The van der Waals surface area contributed by atoms with Gasteiger partial charge in [-0.05, 0) is 31.0 Å². The van der Waals surface area contributed by atoms with E-state index in [9.17, 15) is 5.11 Å². The summed E-state index contributed by atoms with van der Waals surface area (Å²) < 4.78 is 0. The molecule has 0 saturated heterocycles. The Kier molecular flexibility index (Phi) is 2.84. The van der Waals surface area contributed by atoms with Crippen molar-refractivity contribution in [2.24, 2.45) is 5.41 Å². The zero-order valence-electron chi connectivity index (χ0n) is 10.5. The monoisotopic (exact) mass is 230 g/mol. The van der Waals surface area contributed by atoms with Crippen LogP contribution in [0.1, 0.15) is 31.4 Å². The molecule has 1 aliphatic rings. The van der Waals surface area contributed by atoms with Gasteiger partial charge in [-0.25, -0.2) is 0 Å². The number of aliphatic hydroxyl groups excluding tert-OH is 1. The van der Waals surface area contributed by atoms with Crippen LogP contribution >= 0.6 is 0 Å². The third kappa shape index (κ3) is 2.01. The molecule has 1 fully saturated rings. The number of nitrogens with zero attached hydrogens (tertiary/aromatic N) is 1. The molecule has 0 aliphatic heterocycles. The molecule has 17 heavy (non-hydrogen) atoms. The van der Waals surface area contributed by atoms with Gasteiger partial charge in [0.2, 0.25) is 0 Å². The highest BCUT2D eigenvalue weighted by molar-refractivity contribution is 5.56. The maximum absolute atomic E-state index is 9.70. The summed E-state index contributed by atoms with van der Waals surface area (Å²) in [5.74, 6) is 0. The number of benzene rings is 1. The van der Waals surface area contributed by atoms with Crippen LogP contribution in [0.4, 0.5) is 5.69 Å². The van der Waals surface area contributed by atoms with Gasteiger partial charge in [-0.3, -0.25) is 0 Å². The molecule has 0 aromatic heterocycles. The van der Waals surface area contributed by atoms with Gasteiger partial charge in [0.15, 0.2) is 0 Å². The second-order valence-corrected chi connectivity index (χ2v) is 5.41. The summed E-state index contributed by atoms with van der Waals surface area (Å²) in [5.41, 5.74) is 2.68. The van der Waals surface area contributed by atoms with Gasteiger partial charge in [-0.15, -0.1) is 0 Å². The summed E-state index contributed by atoms with van der Waals surface area (Å²) in [6.45, 7) is 6.14. The lowest BCUT2D eigenvalue weighted by atomic mass is 9.64. The van der Waals surface area contributed by atoms with E-state index >= 15 is 0 Å².